The van der Waals surface area contributed by atoms with Gasteiger partial charge in [-0.1, -0.05) is 54.2 Å². The van der Waals surface area contributed by atoms with Gasteiger partial charge in [-0.05, 0) is 35.9 Å². The molecule has 0 unspecified atom stereocenters. The number of benzene rings is 3. The maximum absolute atomic E-state index is 13.3. The molecule has 0 atom stereocenters. The van der Waals surface area contributed by atoms with Crippen LogP contribution in [0.4, 0.5) is 5.69 Å². The molecule has 0 saturated carbocycles. The quantitative estimate of drug-likeness (QED) is 0.446. The molecule has 2 heterocycles. The van der Waals surface area contributed by atoms with Gasteiger partial charge < -0.3 is 19.3 Å². The zero-order chi connectivity index (χ0) is 21.9. The van der Waals surface area contributed by atoms with Crippen LogP contribution in [-0.2, 0) is 5.75 Å². The molecule has 1 N–H and O–H groups in total. The van der Waals surface area contributed by atoms with Gasteiger partial charge in [-0.25, -0.2) is 4.98 Å². The minimum absolute atomic E-state index is 0.0377. The lowest BCUT2D eigenvalue weighted by Crippen LogP contribution is -2.49. The number of amides is 1. The van der Waals surface area contributed by atoms with E-state index in [9.17, 15) is 9.90 Å². The summed E-state index contributed by atoms with van der Waals surface area (Å²) in [5.41, 5.74) is 4.10. The van der Waals surface area contributed by atoms with Gasteiger partial charge in [0, 0.05) is 37.5 Å². The molecule has 0 bridgehead atoms. The number of nitrogens with zero attached hydrogens (tertiary/aromatic N) is 3. The number of hydrogen-bond acceptors (Lipinski definition) is 6. The van der Waals surface area contributed by atoms with Crippen molar-refractivity contribution in [3.05, 3.63) is 83.9 Å². The second kappa shape index (κ2) is 8.96. The van der Waals surface area contributed by atoms with Gasteiger partial charge in [-0.15, -0.1) is 0 Å². The Morgan fingerprint density at radius 1 is 0.938 bits per heavy atom. The topological polar surface area (TPSA) is 69.8 Å². The van der Waals surface area contributed by atoms with E-state index in [2.05, 4.69) is 9.88 Å². The summed E-state index contributed by atoms with van der Waals surface area (Å²) in [7, 11) is 0. The summed E-state index contributed by atoms with van der Waals surface area (Å²) in [4.78, 5) is 21.8. The number of anilines is 1. The highest BCUT2D eigenvalue weighted by Crippen LogP contribution is 2.29. The Kier molecular flexibility index (Phi) is 5.73. The molecule has 1 fully saturated rings. The predicted molar refractivity (Wildman–Crippen MR) is 126 cm³/mol. The lowest BCUT2D eigenvalue weighted by atomic mass is 10.1. The molecule has 3 aromatic carbocycles. The van der Waals surface area contributed by atoms with Crippen molar-refractivity contribution in [2.75, 3.05) is 31.1 Å². The van der Waals surface area contributed by atoms with E-state index < -0.39 is 0 Å². The van der Waals surface area contributed by atoms with E-state index in [-0.39, 0.29) is 11.7 Å². The van der Waals surface area contributed by atoms with E-state index in [1.54, 1.807) is 6.07 Å². The number of hydrogen-bond donors (Lipinski definition) is 1. The fourth-order valence-corrected chi connectivity index (χ4v) is 4.80. The Morgan fingerprint density at radius 3 is 2.47 bits per heavy atom. The number of aromatic hydroxyl groups is 1. The first-order valence-corrected chi connectivity index (χ1v) is 11.6. The van der Waals surface area contributed by atoms with Crippen LogP contribution in [0.25, 0.3) is 11.1 Å². The molecule has 7 heteroatoms. The highest BCUT2D eigenvalue weighted by atomic mass is 32.2. The molecule has 32 heavy (non-hydrogen) atoms. The Hall–Kier alpha value is -3.45. The Morgan fingerprint density at radius 2 is 1.66 bits per heavy atom. The average Bonchev–Trinajstić information content (AvgIpc) is 3.26. The molecule has 1 aromatic heterocycles. The van der Waals surface area contributed by atoms with E-state index in [0.29, 0.717) is 42.7 Å². The van der Waals surface area contributed by atoms with Crippen molar-refractivity contribution in [1.29, 1.82) is 0 Å². The van der Waals surface area contributed by atoms with Gasteiger partial charge in [0.15, 0.2) is 5.58 Å². The van der Waals surface area contributed by atoms with Crippen LogP contribution in [0.1, 0.15) is 15.9 Å². The molecule has 0 spiro atoms. The SMILES string of the molecule is O=C(c1ccccc1CSc1nc2ccccc2o1)N1CCN(c2ccccc2O)CC1. The number of carbonyl (C=O) groups is 1. The second-order valence-corrected chi connectivity index (χ2v) is 8.59. The average molecular weight is 446 g/mol. The number of piperazine rings is 1. The number of carbonyl (C=O) groups excluding carboxylic acids is 1. The van der Waals surface area contributed by atoms with Crippen LogP contribution in [0.15, 0.2) is 82.4 Å². The minimum atomic E-state index is 0.0377. The number of phenols is 1. The first-order chi connectivity index (χ1) is 15.7. The number of thioether (sulfide) groups is 1. The molecule has 1 saturated heterocycles. The van der Waals surface area contributed by atoms with Crippen molar-refractivity contribution >= 4 is 34.5 Å². The third-order valence-corrected chi connectivity index (χ3v) is 6.54. The molecule has 1 amide bonds. The van der Waals surface area contributed by atoms with Crippen molar-refractivity contribution < 1.29 is 14.3 Å². The summed E-state index contributed by atoms with van der Waals surface area (Å²) in [6.07, 6.45) is 0. The molecule has 6 nitrogen and oxygen atoms in total. The molecule has 1 aliphatic heterocycles. The van der Waals surface area contributed by atoms with Crippen LogP contribution in [0.2, 0.25) is 0 Å². The number of phenolic OH excluding ortho intramolecular Hbond substituents is 1. The fraction of sp³-hybridized carbons (Fsp3) is 0.200. The monoisotopic (exact) mass is 445 g/mol. The maximum Gasteiger partial charge on any atom is 0.257 e. The van der Waals surface area contributed by atoms with E-state index in [1.165, 1.54) is 11.8 Å². The van der Waals surface area contributed by atoms with Crippen molar-refractivity contribution in [2.24, 2.45) is 0 Å². The minimum Gasteiger partial charge on any atom is -0.506 e. The highest BCUT2D eigenvalue weighted by molar-refractivity contribution is 7.98. The van der Waals surface area contributed by atoms with Gasteiger partial charge >= 0.3 is 0 Å². The van der Waals surface area contributed by atoms with Gasteiger partial charge in [-0.3, -0.25) is 4.79 Å². The zero-order valence-electron chi connectivity index (χ0n) is 17.5. The van der Waals surface area contributed by atoms with Crippen molar-refractivity contribution in [3.63, 3.8) is 0 Å². The second-order valence-electron chi connectivity index (χ2n) is 7.66. The first-order valence-electron chi connectivity index (χ1n) is 10.6. The summed E-state index contributed by atoms with van der Waals surface area (Å²) >= 11 is 1.49. The van der Waals surface area contributed by atoms with E-state index in [1.807, 2.05) is 71.6 Å². The molecule has 0 aliphatic carbocycles. The maximum atomic E-state index is 13.3. The normalized spacial score (nSPS) is 14.1. The molecule has 0 radical (unpaired) electrons. The lowest BCUT2D eigenvalue weighted by molar-refractivity contribution is 0.0746. The Bertz CT molecular complexity index is 1210. The molecule has 1 aliphatic rings. The van der Waals surface area contributed by atoms with Gasteiger partial charge in [0.25, 0.3) is 11.1 Å². The van der Waals surface area contributed by atoms with Crippen LogP contribution in [0, 0.1) is 0 Å². The van der Waals surface area contributed by atoms with Crippen LogP contribution in [0.3, 0.4) is 0 Å². The van der Waals surface area contributed by atoms with Crippen molar-refractivity contribution in [1.82, 2.24) is 9.88 Å². The first kappa shape index (κ1) is 20.5. The van der Waals surface area contributed by atoms with Crippen LogP contribution in [-0.4, -0.2) is 47.1 Å². The van der Waals surface area contributed by atoms with E-state index in [0.717, 1.165) is 22.4 Å². The van der Waals surface area contributed by atoms with Crippen LogP contribution in [0.5, 0.6) is 5.75 Å². The van der Waals surface area contributed by atoms with Crippen molar-refractivity contribution in [3.8, 4) is 5.75 Å². The highest BCUT2D eigenvalue weighted by Gasteiger charge is 2.25. The summed E-state index contributed by atoms with van der Waals surface area (Å²) in [5, 5.41) is 10.7. The van der Waals surface area contributed by atoms with Gasteiger partial charge in [-0.2, -0.15) is 0 Å². The number of para-hydroxylation sites is 4. The standard InChI is InChI=1S/C25H23N3O3S/c29-22-11-5-4-10-21(22)27-13-15-28(16-14-27)24(30)19-8-2-1-7-18(19)17-32-25-26-20-9-3-6-12-23(20)31-25/h1-12,29H,13-17H2. The van der Waals surface area contributed by atoms with Crippen molar-refractivity contribution in [2.45, 2.75) is 11.0 Å². The molecular formula is C25H23N3O3S. The molecule has 162 valence electrons. The third kappa shape index (κ3) is 4.16. The third-order valence-electron chi connectivity index (χ3n) is 5.66. The predicted octanol–water partition coefficient (Wildman–Crippen LogP) is 4.79. The number of aromatic nitrogens is 1. The van der Waals surface area contributed by atoms with E-state index >= 15 is 0 Å². The van der Waals surface area contributed by atoms with E-state index in [4.69, 9.17) is 4.42 Å². The molecule has 5 rings (SSSR count). The summed E-state index contributed by atoms with van der Waals surface area (Å²) in [6.45, 7) is 2.59. The largest absolute Gasteiger partial charge is 0.506 e. The Balaban J connectivity index is 1.26. The van der Waals surface area contributed by atoms with Gasteiger partial charge in [0.1, 0.15) is 11.3 Å². The Labute approximate surface area is 190 Å². The summed E-state index contributed by atoms with van der Waals surface area (Å²) < 4.78 is 5.80. The zero-order valence-corrected chi connectivity index (χ0v) is 18.3. The van der Waals surface area contributed by atoms with Gasteiger partial charge in [0.2, 0.25) is 0 Å². The number of oxazole rings is 1. The molecular weight excluding hydrogens is 422 g/mol. The number of fused-ring (bicyclic) bond motifs is 1. The lowest BCUT2D eigenvalue weighted by Gasteiger charge is -2.36. The summed E-state index contributed by atoms with van der Waals surface area (Å²) in [5.74, 6) is 0.914. The molecule has 4 aromatic rings. The smallest absolute Gasteiger partial charge is 0.257 e. The fourth-order valence-electron chi connectivity index (χ4n) is 3.96. The summed E-state index contributed by atoms with van der Waals surface area (Å²) in [6, 6.07) is 22.7. The number of rotatable bonds is 5. The van der Waals surface area contributed by atoms with Gasteiger partial charge in [0.05, 0.1) is 5.69 Å². The van der Waals surface area contributed by atoms with Crippen LogP contribution >= 0.6 is 11.8 Å². The van der Waals surface area contributed by atoms with Crippen LogP contribution < -0.4 is 4.90 Å².